The van der Waals surface area contributed by atoms with Crippen molar-refractivity contribution in [2.45, 2.75) is 25.7 Å². The summed E-state index contributed by atoms with van der Waals surface area (Å²) >= 11 is 0. The topological polar surface area (TPSA) is 9.23 Å². The molecule has 84 valence electrons. The van der Waals surface area contributed by atoms with Gasteiger partial charge in [-0.2, -0.15) is 0 Å². The van der Waals surface area contributed by atoms with Crippen LogP contribution in [0.25, 0.3) is 0 Å². The molecule has 1 aliphatic carbocycles. The molecule has 0 spiro atoms. The summed E-state index contributed by atoms with van der Waals surface area (Å²) in [6.45, 7) is 4.48. The average molecular weight is 214 g/mol. The smallest absolute Gasteiger partial charge is 0.122 e. The Morgan fingerprint density at radius 2 is 1.94 bits per heavy atom. The van der Waals surface area contributed by atoms with Gasteiger partial charge in [0.05, 0.1) is 7.11 Å². The van der Waals surface area contributed by atoms with Crippen LogP contribution in [0.4, 0.5) is 0 Å². The van der Waals surface area contributed by atoms with Crippen molar-refractivity contribution in [3.05, 3.63) is 53.6 Å². The van der Waals surface area contributed by atoms with E-state index >= 15 is 0 Å². The third-order valence-electron chi connectivity index (χ3n) is 3.27. The molecule has 1 aromatic rings. The zero-order chi connectivity index (χ0) is 11.6. The molecule has 1 heteroatoms. The first kappa shape index (κ1) is 11.0. The summed E-state index contributed by atoms with van der Waals surface area (Å²) in [6.07, 6.45) is 7.75. The Hall–Kier alpha value is -1.50. The van der Waals surface area contributed by atoms with E-state index in [0.717, 1.165) is 12.2 Å². The molecule has 0 aliphatic heterocycles. The Morgan fingerprint density at radius 1 is 1.19 bits per heavy atom. The van der Waals surface area contributed by atoms with Crippen LogP contribution in [-0.4, -0.2) is 7.11 Å². The van der Waals surface area contributed by atoms with Crippen molar-refractivity contribution in [3.63, 3.8) is 0 Å². The highest BCUT2D eigenvalue weighted by molar-refractivity contribution is 5.48. The first-order chi connectivity index (χ1) is 7.66. The zero-order valence-corrected chi connectivity index (χ0v) is 10.2. The van der Waals surface area contributed by atoms with Gasteiger partial charge in [-0.3, -0.25) is 0 Å². The SMILES string of the molecule is COc1ccccc1C(C)(C)C1=CCC=C1. The second kappa shape index (κ2) is 4.17. The highest BCUT2D eigenvalue weighted by Gasteiger charge is 2.27. The van der Waals surface area contributed by atoms with E-state index in [0.29, 0.717) is 0 Å². The Balaban J connectivity index is 2.46. The van der Waals surface area contributed by atoms with E-state index < -0.39 is 0 Å². The Labute approximate surface area is 97.4 Å². The minimum absolute atomic E-state index is 0.0135. The van der Waals surface area contributed by atoms with Crippen LogP contribution in [0.3, 0.4) is 0 Å². The quantitative estimate of drug-likeness (QED) is 0.742. The Kier molecular flexibility index (Phi) is 2.86. The van der Waals surface area contributed by atoms with Gasteiger partial charge in [-0.05, 0) is 18.1 Å². The van der Waals surface area contributed by atoms with Gasteiger partial charge in [-0.1, -0.05) is 50.3 Å². The lowest BCUT2D eigenvalue weighted by atomic mass is 9.77. The number of ether oxygens (including phenoxy) is 1. The maximum Gasteiger partial charge on any atom is 0.122 e. The van der Waals surface area contributed by atoms with Crippen LogP contribution in [0.15, 0.2) is 48.1 Å². The van der Waals surface area contributed by atoms with Crippen LogP contribution in [0, 0.1) is 0 Å². The highest BCUT2D eigenvalue weighted by atomic mass is 16.5. The molecule has 16 heavy (non-hydrogen) atoms. The van der Waals surface area contributed by atoms with Gasteiger partial charge in [0.15, 0.2) is 0 Å². The number of hydrogen-bond acceptors (Lipinski definition) is 1. The lowest BCUT2D eigenvalue weighted by molar-refractivity contribution is 0.401. The molecule has 0 fully saturated rings. The summed E-state index contributed by atoms with van der Waals surface area (Å²) in [5, 5.41) is 0. The van der Waals surface area contributed by atoms with Crippen molar-refractivity contribution in [2.24, 2.45) is 0 Å². The number of para-hydroxylation sites is 1. The van der Waals surface area contributed by atoms with Crippen molar-refractivity contribution < 1.29 is 4.74 Å². The first-order valence-electron chi connectivity index (χ1n) is 5.67. The third kappa shape index (κ3) is 1.78. The fraction of sp³-hybridized carbons (Fsp3) is 0.333. The molecule has 0 aromatic heterocycles. The number of rotatable bonds is 3. The third-order valence-corrected chi connectivity index (χ3v) is 3.27. The average Bonchev–Trinajstić information content (AvgIpc) is 2.83. The maximum absolute atomic E-state index is 5.44. The minimum atomic E-state index is 0.0135. The maximum atomic E-state index is 5.44. The molecule has 0 bridgehead atoms. The summed E-state index contributed by atoms with van der Waals surface area (Å²) in [5.41, 5.74) is 2.63. The number of benzene rings is 1. The van der Waals surface area contributed by atoms with Gasteiger partial charge in [-0.15, -0.1) is 0 Å². The molecular weight excluding hydrogens is 196 g/mol. The van der Waals surface area contributed by atoms with Gasteiger partial charge in [0.25, 0.3) is 0 Å². The molecule has 1 aromatic carbocycles. The molecule has 0 N–H and O–H groups in total. The van der Waals surface area contributed by atoms with Crippen LogP contribution in [0.5, 0.6) is 5.75 Å². The molecule has 1 aliphatic rings. The normalized spacial score (nSPS) is 15.1. The summed E-state index contributed by atoms with van der Waals surface area (Å²) in [6, 6.07) is 8.25. The van der Waals surface area contributed by atoms with Crippen molar-refractivity contribution in [2.75, 3.05) is 7.11 Å². The van der Waals surface area contributed by atoms with Crippen LogP contribution < -0.4 is 4.74 Å². The largest absolute Gasteiger partial charge is 0.496 e. The van der Waals surface area contributed by atoms with Crippen LogP contribution in [-0.2, 0) is 5.41 Å². The minimum Gasteiger partial charge on any atom is -0.496 e. The van der Waals surface area contributed by atoms with Gasteiger partial charge in [-0.25, -0.2) is 0 Å². The van der Waals surface area contributed by atoms with E-state index in [9.17, 15) is 0 Å². The van der Waals surface area contributed by atoms with Gasteiger partial charge in [0, 0.05) is 11.0 Å². The second-order valence-electron chi connectivity index (χ2n) is 4.62. The molecule has 0 radical (unpaired) electrons. The summed E-state index contributed by atoms with van der Waals surface area (Å²) in [5.74, 6) is 0.966. The summed E-state index contributed by atoms with van der Waals surface area (Å²) in [4.78, 5) is 0. The predicted molar refractivity (Wildman–Crippen MR) is 67.9 cm³/mol. The van der Waals surface area contributed by atoms with E-state index in [-0.39, 0.29) is 5.41 Å². The monoisotopic (exact) mass is 214 g/mol. The van der Waals surface area contributed by atoms with Crippen molar-refractivity contribution >= 4 is 0 Å². The van der Waals surface area contributed by atoms with E-state index in [2.05, 4.69) is 44.2 Å². The van der Waals surface area contributed by atoms with Crippen LogP contribution in [0.2, 0.25) is 0 Å². The molecule has 0 saturated heterocycles. The number of allylic oxidation sites excluding steroid dienone is 4. The van der Waals surface area contributed by atoms with Crippen LogP contribution >= 0.6 is 0 Å². The molecule has 0 saturated carbocycles. The van der Waals surface area contributed by atoms with Gasteiger partial charge in [0.1, 0.15) is 5.75 Å². The second-order valence-corrected chi connectivity index (χ2v) is 4.62. The van der Waals surface area contributed by atoms with Crippen LogP contribution in [0.1, 0.15) is 25.8 Å². The van der Waals surface area contributed by atoms with E-state index in [1.807, 2.05) is 12.1 Å². The standard InChI is InChI=1S/C15H18O/c1-15(2,12-8-4-5-9-12)13-10-6-7-11-14(13)16-3/h4,6-11H,5H2,1-3H3. The predicted octanol–water partition coefficient (Wildman–Crippen LogP) is 3.86. The first-order valence-corrected chi connectivity index (χ1v) is 5.67. The van der Waals surface area contributed by atoms with E-state index in [1.54, 1.807) is 7.11 Å². The zero-order valence-electron chi connectivity index (χ0n) is 10.2. The highest BCUT2D eigenvalue weighted by Crippen LogP contribution is 2.39. The molecule has 1 nitrogen and oxygen atoms in total. The van der Waals surface area contributed by atoms with Crippen molar-refractivity contribution in [1.82, 2.24) is 0 Å². The van der Waals surface area contributed by atoms with Crippen molar-refractivity contribution in [1.29, 1.82) is 0 Å². The Bertz CT molecular complexity index is 439. The fourth-order valence-electron chi connectivity index (χ4n) is 2.24. The molecule has 0 heterocycles. The summed E-state index contributed by atoms with van der Waals surface area (Å²) in [7, 11) is 1.73. The van der Waals surface area contributed by atoms with Gasteiger partial charge >= 0.3 is 0 Å². The molecule has 0 unspecified atom stereocenters. The number of hydrogen-bond donors (Lipinski definition) is 0. The molecule has 0 atom stereocenters. The van der Waals surface area contributed by atoms with E-state index in [4.69, 9.17) is 4.74 Å². The molecule has 0 amide bonds. The number of methoxy groups -OCH3 is 1. The van der Waals surface area contributed by atoms with Gasteiger partial charge in [0.2, 0.25) is 0 Å². The fourth-order valence-corrected chi connectivity index (χ4v) is 2.24. The lowest BCUT2D eigenvalue weighted by Gasteiger charge is -2.28. The molecule has 2 rings (SSSR count). The Morgan fingerprint density at radius 3 is 2.56 bits per heavy atom. The lowest BCUT2D eigenvalue weighted by Crippen LogP contribution is -2.19. The van der Waals surface area contributed by atoms with Crippen molar-refractivity contribution in [3.8, 4) is 5.75 Å². The van der Waals surface area contributed by atoms with E-state index in [1.165, 1.54) is 11.1 Å². The summed E-state index contributed by atoms with van der Waals surface area (Å²) < 4.78 is 5.44. The molecular formula is C15H18O. The van der Waals surface area contributed by atoms with Gasteiger partial charge < -0.3 is 4.74 Å².